The number of carbonyl (C=O) groups excluding carboxylic acids is 1. The molecule has 0 bridgehead atoms. The fraction of sp³-hybridized carbons (Fsp3) is 0.462. The number of alkyl halides is 2. The van der Waals surface area contributed by atoms with Gasteiger partial charge in [-0.3, -0.25) is 4.79 Å². The minimum Gasteiger partial charge on any atom is -0.341 e. The Bertz CT molecular complexity index is 392. The van der Waals surface area contributed by atoms with Crippen molar-refractivity contribution in [2.45, 2.75) is 24.5 Å². The molecule has 0 aromatic heterocycles. The molecule has 2 nitrogen and oxygen atoms in total. The highest BCUT2D eigenvalue weighted by atomic mass is 32.2. The Morgan fingerprint density at radius 1 is 1.28 bits per heavy atom. The number of benzene rings is 1. The molecule has 18 heavy (non-hydrogen) atoms. The number of carbonyl (C=O) groups is 1. The van der Waals surface area contributed by atoms with E-state index < -0.39 is 5.76 Å². The van der Waals surface area contributed by atoms with Crippen LogP contribution in [0.4, 0.5) is 8.78 Å². The van der Waals surface area contributed by atoms with Gasteiger partial charge in [0.15, 0.2) is 0 Å². The molecule has 0 aliphatic carbocycles. The number of nitrogens with zero attached hydrogens (tertiary/aromatic N) is 1. The van der Waals surface area contributed by atoms with E-state index in [0.717, 1.165) is 0 Å². The van der Waals surface area contributed by atoms with E-state index in [2.05, 4.69) is 0 Å². The van der Waals surface area contributed by atoms with Gasteiger partial charge in [-0.15, -0.1) is 0 Å². The van der Waals surface area contributed by atoms with Crippen LogP contribution >= 0.6 is 11.8 Å². The molecular weight excluding hydrogens is 256 g/mol. The molecule has 0 aliphatic rings. The first-order valence-corrected chi connectivity index (χ1v) is 6.58. The second-order valence-corrected chi connectivity index (χ2v) is 5.55. The Balaban J connectivity index is 2.69. The lowest BCUT2D eigenvalue weighted by Crippen LogP contribution is -2.30. The summed E-state index contributed by atoms with van der Waals surface area (Å²) < 4.78 is 24.3. The fourth-order valence-electron chi connectivity index (χ4n) is 1.63. The van der Waals surface area contributed by atoms with Gasteiger partial charge in [-0.2, -0.15) is 8.78 Å². The minimum absolute atomic E-state index is 0.0858. The largest absolute Gasteiger partial charge is 0.341 e. The molecule has 0 atom stereocenters. The van der Waals surface area contributed by atoms with Crippen LogP contribution in [0.1, 0.15) is 24.2 Å². The predicted octanol–water partition coefficient (Wildman–Crippen LogP) is 3.73. The van der Waals surface area contributed by atoms with Gasteiger partial charge in [-0.25, -0.2) is 0 Å². The predicted molar refractivity (Wildman–Crippen MR) is 70.1 cm³/mol. The van der Waals surface area contributed by atoms with Gasteiger partial charge in [-0.05, 0) is 30.2 Å². The van der Waals surface area contributed by atoms with Gasteiger partial charge in [0.2, 0.25) is 0 Å². The van der Waals surface area contributed by atoms with Gasteiger partial charge in [0.1, 0.15) is 0 Å². The summed E-state index contributed by atoms with van der Waals surface area (Å²) in [5.41, 5.74) is 0.525. The van der Waals surface area contributed by atoms with Crippen molar-refractivity contribution in [1.82, 2.24) is 4.90 Å². The smallest absolute Gasteiger partial charge is 0.288 e. The quantitative estimate of drug-likeness (QED) is 0.762. The van der Waals surface area contributed by atoms with Crippen molar-refractivity contribution in [3.63, 3.8) is 0 Å². The Morgan fingerprint density at radius 3 is 2.28 bits per heavy atom. The van der Waals surface area contributed by atoms with E-state index >= 15 is 0 Å². The SMILES string of the molecule is CC(C)CN(C)C(=O)c1ccc(SC(F)F)cc1. The number of halogens is 2. The summed E-state index contributed by atoms with van der Waals surface area (Å²) in [4.78, 5) is 14.1. The van der Waals surface area contributed by atoms with Gasteiger partial charge in [0.25, 0.3) is 11.7 Å². The third kappa shape index (κ3) is 4.64. The number of hydrogen-bond acceptors (Lipinski definition) is 2. The normalized spacial score (nSPS) is 11.1. The minimum atomic E-state index is -2.44. The van der Waals surface area contributed by atoms with Crippen LogP contribution in [0.15, 0.2) is 29.2 Å². The summed E-state index contributed by atoms with van der Waals surface area (Å²) in [5, 5.41) is 0. The van der Waals surface area contributed by atoms with Crippen LogP contribution in [-0.4, -0.2) is 30.2 Å². The molecule has 0 N–H and O–H groups in total. The van der Waals surface area contributed by atoms with Crippen LogP contribution in [0.25, 0.3) is 0 Å². The maximum absolute atomic E-state index is 12.1. The first kappa shape index (κ1) is 15.0. The van der Waals surface area contributed by atoms with Crippen LogP contribution in [0.5, 0.6) is 0 Å². The summed E-state index contributed by atoms with van der Waals surface area (Å²) >= 11 is 0.480. The zero-order chi connectivity index (χ0) is 13.7. The second kappa shape index (κ2) is 6.73. The maximum Gasteiger partial charge on any atom is 0.288 e. The monoisotopic (exact) mass is 273 g/mol. The van der Waals surface area contributed by atoms with Crippen LogP contribution in [0.2, 0.25) is 0 Å². The zero-order valence-corrected chi connectivity index (χ0v) is 11.5. The topological polar surface area (TPSA) is 20.3 Å². The summed E-state index contributed by atoms with van der Waals surface area (Å²) in [6, 6.07) is 6.27. The highest BCUT2D eigenvalue weighted by Gasteiger charge is 2.13. The Labute approximate surface area is 110 Å². The molecule has 0 fully saturated rings. The van der Waals surface area contributed by atoms with Crippen molar-refractivity contribution in [2.75, 3.05) is 13.6 Å². The van der Waals surface area contributed by atoms with Gasteiger partial charge < -0.3 is 4.90 Å². The number of rotatable bonds is 5. The van der Waals surface area contributed by atoms with Crippen molar-refractivity contribution in [3.05, 3.63) is 29.8 Å². The van der Waals surface area contributed by atoms with Gasteiger partial charge in [0.05, 0.1) is 0 Å². The first-order valence-electron chi connectivity index (χ1n) is 5.70. The molecule has 5 heteroatoms. The van der Waals surface area contributed by atoms with Gasteiger partial charge in [-0.1, -0.05) is 25.6 Å². The van der Waals surface area contributed by atoms with Crippen LogP contribution in [0, 0.1) is 5.92 Å². The van der Waals surface area contributed by atoms with E-state index in [4.69, 9.17) is 0 Å². The lowest BCUT2D eigenvalue weighted by molar-refractivity contribution is 0.0779. The second-order valence-electron chi connectivity index (χ2n) is 4.48. The van der Waals surface area contributed by atoms with E-state index in [1.807, 2.05) is 13.8 Å². The lowest BCUT2D eigenvalue weighted by atomic mass is 10.1. The molecule has 0 heterocycles. The lowest BCUT2D eigenvalue weighted by Gasteiger charge is -2.19. The number of thioether (sulfide) groups is 1. The highest BCUT2D eigenvalue weighted by molar-refractivity contribution is 7.99. The molecule has 0 spiro atoms. The molecule has 0 unspecified atom stereocenters. The third-order valence-electron chi connectivity index (χ3n) is 2.31. The molecule has 1 aromatic rings. The molecule has 100 valence electrons. The molecule has 1 aromatic carbocycles. The number of amides is 1. The average Bonchev–Trinajstić information content (AvgIpc) is 2.27. The molecule has 1 rings (SSSR count). The maximum atomic E-state index is 12.1. The molecule has 0 radical (unpaired) electrons. The van der Waals surface area contributed by atoms with Crippen molar-refractivity contribution in [3.8, 4) is 0 Å². The van der Waals surface area contributed by atoms with Crippen LogP contribution < -0.4 is 0 Å². The molecule has 0 aliphatic heterocycles. The fourth-order valence-corrected chi connectivity index (χ4v) is 2.13. The standard InChI is InChI=1S/C13H17F2NOS/c1-9(2)8-16(3)12(17)10-4-6-11(7-5-10)18-13(14)15/h4-7,9,13H,8H2,1-3H3. The van der Waals surface area contributed by atoms with Crippen LogP contribution in [-0.2, 0) is 0 Å². The van der Waals surface area contributed by atoms with Crippen molar-refractivity contribution >= 4 is 17.7 Å². The van der Waals surface area contributed by atoms with Gasteiger partial charge >= 0.3 is 0 Å². The van der Waals surface area contributed by atoms with Gasteiger partial charge in [0, 0.05) is 24.1 Å². The van der Waals surface area contributed by atoms with E-state index in [-0.39, 0.29) is 5.91 Å². The molecule has 1 amide bonds. The Kier molecular flexibility index (Phi) is 5.59. The van der Waals surface area contributed by atoms with E-state index in [9.17, 15) is 13.6 Å². The zero-order valence-electron chi connectivity index (χ0n) is 10.7. The average molecular weight is 273 g/mol. The number of hydrogen-bond donors (Lipinski definition) is 0. The third-order valence-corrected chi connectivity index (χ3v) is 3.03. The van der Waals surface area contributed by atoms with Crippen molar-refractivity contribution in [2.24, 2.45) is 5.92 Å². The molecule has 0 saturated heterocycles. The van der Waals surface area contributed by atoms with Crippen molar-refractivity contribution in [1.29, 1.82) is 0 Å². The summed E-state index contributed by atoms with van der Waals surface area (Å²) in [6.45, 7) is 4.74. The molecule has 0 saturated carbocycles. The first-order chi connectivity index (χ1) is 8.40. The Morgan fingerprint density at radius 2 is 1.83 bits per heavy atom. The van der Waals surface area contributed by atoms with E-state index in [1.165, 1.54) is 0 Å². The van der Waals surface area contributed by atoms with E-state index in [1.54, 1.807) is 36.2 Å². The molecular formula is C13H17F2NOS. The van der Waals surface area contributed by atoms with Crippen LogP contribution in [0.3, 0.4) is 0 Å². The summed E-state index contributed by atoms with van der Waals surface area (Å²) in [6.07, 6.45) is 0. The van der Waals surface area contributed by atoms with Crippen molar-refractivity contribution < 1.29 is 13.6 Å². The van der Waals surface area contributed by atoms with E-state index in [0.29, 0.717) is 34.7 Å². The summed E-state index contributed by atoms with van der Waals surface area (Å²) in [7, 11) is 1.74. The summed E-state index contributed by atoms with van der Waals surface area (Å²) in [5.74, 6) is -2.12. The highest BCUT2D eigenvalue weighted by Crippen LogP contribution is 2.25. The Hall–Kier alpha value is -1.10.